The minimum absolute atomic E-state index is 0.292. The summed E-state index contributed by atoms with van der Waals surface area (Å²) in [5.74, 6) is 2.95. The fourth-order valence-electron chi connectivity index (χ4n) is 1.27. The van der Waals surface area contributed by atoms with Crippen LogP contribution in [0.5, 0.6) is 0 Å². The van der Waals surface area contributed by atoms with E-state index >= 15 is 0 Å². The van der Waals surface area contributed by atoms with E-state index in [1.54, 1.807) is 13.0 Å². The van der Waals surface area contributed by atoms with Crippen molar-refractivity contribution < 1.29 is 12.3 Å². The van der Waals surface area contributed by atoms with Gasteiger partial charge in [0.15, 0.2) is 0 Å². The third-order valence-corrected chi connectivity index (χ3v) is 3.96. The van der Waals surface area contributed by atoms with Crippen molar-refractivity contribution in [1.29, 1.82) is 0 Å². The van der Waals surface area contributed by atoms with Crippen molar-refractivity contribution in [2.75, 3.05) is 0 Å². The van der Waals surface area contributed by atoms with Crippen LogP contribution in [-0.4, -0.2) is 16.5 Å². The van der Waals surface area contributed by atoms with E-state index in [0.717, 1.165) is 0 Å². The highest BCUT2D eigenvalue weighted by molar-refractivity contribution is 7.86. The van der Waals surface area contributed by atoms with Gasteiger partial charge in [-0.25, -0.2) is 0 Å². The average Bonchev–Trinajstić information content (AvgIpc) is 2.13. The zero-order valence-electron chi connectivity index (χ0n) is 10.3. The number of benzene rings is 1. The molecule has 0 saturated carbocycles. The first-order valence-electron chi connectivity index (χ1n) is 5.19. The first-order chi connectivity index (χ1) is 7.61. The van der Waals surface area contributed by atoms with Crippen LogP contribution in [0.15, 0.2) is 23.1 Å². The van der Waals surface area contributed by atoms with Crippen molar-refractivity contribution >= 4 is 18.3 Å². The average molecular weight is 270 g/mol. The Morgan fingerprint density at radius 1 is 1.24 bits per heavy atom. The van der Waals surface area contributed by atoms with Crippen LogP contribution >= 0.6 is 0 Å². The summed E-state index contributed by atoms with van der Waals surface area (Å²) in [6, 6.07) is 4.47. The lowest BCUT2D eigenvalue weighted by molar-refractivity contribution is 0.551. The molecule has 2 nitrogen and oxygen atoms in total. The Morgan fingerprint density at radius 2 is 1.82 bits per heavy atom. The summed E-state index contributed by atoms with van der Waals surface area (Å²) in [6.45, 7) is 7.84. The maximum Gasteiger partial charge on any atom is 0.332 e. The predicted molar refractivity (Wildman–Crippen MR) is 69.7 cm³/mol. The van der Waals surface area contributed by atoms with Gasteiger partial charge in [-0.3, -0.25) is 0 Å². The number of hydrogen-bond acceptors (Lipinski definition) is 2. The Labute approximate surface area is 103 Å². The van der Waals surface area contributed by atoms with E-state index in [2.05, 4.69) is 31.1 Å². The summed E-state index contributed by atoms with van der Waals surface area (Å²) >= 11 is 0. The standard InChI is InChI=1S/C12H15FO2SSi/c1-10-11(8-9-17(2,3)4)6-5-7-12(10)16(13,14)15/h5-7H,1-4H3. The van der Waals surface area contributed by atoms with Gasteiger partial charge < -0.3 is 0 Å². The van der Waals surface area contributed by atoms with E-state index in [9.17, 15) is 12.3 Å². The quantitative estimate of drug-likeness (QED) is 0.447. The molecule has 0 N–H and O–H groups in total. The lowest BCUT2D eigenvalue weighted by Gasteiger charge is -2.06. The lowest BCUT2D eigenvalue weighted by atomic mass is 10.1. The van der Waals surface area contributed by atoms with E-state index < -0.39 is 18.3 Å². The smallest absolute Gasteiger partial charge is 0.189 e. The largest absolute Gasteiger partial charge is 0.332 e. The van der Waals surface area contributed by atoms with Crippen molar-refractivity contribution in [3.63, 3.8) is 0 Å². The molecule has 17 heavy (non-hydrogen) atoms. The molecule has 0 bridgehead atoms. The van der Waals surface area contributed by atoms with Crippen LogP contribution in [0.1, 0.15) is 11.1 Å². The minimum atomic E-state index is -4.67. The number of hydrogen-bond donors (Lipinski definition) is 0. The molecule has 1 aromatic rings. The van der Waals surface area contributed by atoms with Crippen LogP contribution < -0.4 is 0 Å². The van der Waals surface area contributed by atoms with Crippen LogP contribution in [0, 0.1) is 18.4 Å². The van der Waals surface area contributed by atoms with Crippen LogP contribution in [0.25, 0.3) is 0 Å². The van der Waals surface area contributed by atoms with Crippen molar-refractivity contribution in [2.45, 2.75) is 31.5 Å². The van der Waals surface area contributed by atoms with Crippen molar-refractivity contribution in [1.82, 2.24) is 0 Å². The molecule has 0 heterocycles. The van der Waals surface area contributed by atoms with E-state index in [0.29, 0.717) is 11.1 Å². The second kappa shape index (κ2) is 4.63. The summed E-state index contributed by atoms with van der Waals surface area (Å²) in [5, 5.41) is 0. The maximum atomic E-state index is 13.0. The number of rotatable bonds is 1. The molecule has 0 spiro atoms. The zero-order valence-corrected chi connectivity index (χ0v) is 12.2. The highest BCUT2D eigenvalue weighted by Crippen LogP contribution is 2.20. The Balaban J connectivity index is 3.34. The molecular weight excluding hydrogens is 255 g/mol. The molecule has 0 aliphatic carbocycles. The van der Waals surface area contributed by atoms with E-state index in [-0.39, 0.29) is 4.90 Å². The minimum Gasteiger partial charge on any atom is -0.189 e. The second-order valence-electron chi connectivity index (χ2n) is 4.87. The Kier molecular flexibility index (Phi) is 3.80. The first-order valence-corrected chi connectivity index (χ1v) is 10.1. The molecule has 0 saturated heterocycles. The summed E-state index contributed by atoms with van der Waals surface area (Å²) in [4.78, 5) is -0.292. The highest BCUT2D eigenvalue weighted by Gasteiger charge is 2.16. The molecule has 1 rings (SSSR count). The molecule has 1 aromatic carbocycles. The molecule has 0 unspecified atom stereocenters. The van der Waals surface area contributed by atoms with Gasteiger partial charge in [-0.05, 0) is 24.6 Å². The van der Waals surface area contributed by atoms with Crippen molar-refractivity contribution in [3.05, 3.63) is 29.3 Å². The lowest BCUT2D eigenvalue weighted by Crippen LogP contribution is -2.16. The number of halogens is 1. The molecule has 0 aromatic heterocycles. The highest BCUT2D eigenvalue weighted by atomic mass is 32.3. The van der Waals surface area contributed by atoms with Crippen molar-refractivity contribution in [2.24, 2.45) is 0 Å². The summed E-state index contributed by atoms with van der Waals surface area (Å²) in [6.07, 6.45) is 0. The van der Waals surface area contributed by atoms with Gasteiger partial charge >= 0.3 is 10.2 Å². The van der Waals surface area contributed by atoms with Crippen LogP contribution in [-0.2, 0) is 10.2 Å². The molecule has 92 valence electrons. The Bertz CT molecular complexity index is 589. The zero-order chi connectivity index (χ0) is 13.3. The topological polar surface area (TPSA) is 34.1 Å². The molecule has 0 aliphatic heterocycles. The Hall–Kier alpha value is -1.12. The SMILES string of the molecule is Cc1c(C#C[Si](C)(C)C)cccc1S(=O)(=O)F. The van der Waals surface area contributed by atoms with Crippen LogP contribution in [0.3, 0.4) is 0 Å². The van der Waals surface area contributed by atoms with Gasteiger partial charge in [-0.2, -0.15) is 8.42 Å². The van der Waals surface area contributed by atoms with Gasteiger partial charge in [0.25, 0.3) is 0 Å². The molecule has 0 radical (unpaired) electrons. The summed E-state index contributed by atoms with van der Waals surface area (Å²) in [5.41, 5.74) is 4.08. The fourth-order valence-corrected chi connectivity index (χ4v) is 2.50. The van der Waals surface area contributed by atoms with Crippen molar-refractivity contribution in [3.8, 4) is 11.5 Å². The van der Waals surface area contributed by atoms with Crippen LogP contribution in [0.2, 0.25) is 19.6 Å². The molecular formula is C12H15FO2SSi. The maximum absolute atomic E-state index is 13.0. The van der Waals surface area contributed by atoms with Gasteiger partial charge in [0.05, 0.1) is 0 Å². The predicted octanol–water partition coefficient (Wildman–Crippen LogP) is 2.88. The molecule has 0 fully saturated rings. The van der Waals surface area contributed by atoms with Gasteiger partial charge in [-0.1, -0.05) is 31.6 Å². The fraction of sp³-hybridized carbons (Fsp3) is 0.333. The van der Waals surface area contributed by atoms with E-state index in [4.69, 9.17) is 0 Å². The van der Waals surface area contributed by atoms with E-state index in [1.165, 1.54) is 12.1 Å². The molecule has 0 amide bonds. The van der Waals surface area contributed by atoms with Gasteiger partial charge in [0.1, 0.15) is 13.0 Å². The monoisotopic (exact) mass is 270 g/mol. The molecule has 0 aliphatic rings. The normalized spacial score (nSPS) is 11.8. The van der Waals surface area contributed by atoms with Gasteiger partial charge in [0.2, 0.25) is 0 Å². The summed E-state index contributed by atoms with van der Waals surface area (Å²) < 4.78 is 34.8. The van der Waals surface area contributed by atoms with Gasteiger partial charge in [0, 0.05) is 5.56 Å². The first kappa shape index (κ1) is 13.9. The second-order valence-corrected chi connectivity index (χ2v) is 10.9. The molecule has 5 heteroatoms. The third-order valence-electron chi connectivity index (χ3n) is 2.12. The molecule has 0 atom stereocenters. The van der Waals surface area contributed by atoms with Crippen LogP contribution in [0.4, 0.5) is 3.89 Å². The third kappa shape index (κ3) is 3.99. The Morgan fingerprint density at radius 3 is 2.29 bits per heavy atom. The van der Waals surface area contributed by atoms with E-state index in [1.807, 2.05) is 0 Å². The summed E-state index contributed by atoms with van der Waals surface area (Å²) in [7, 11) is -6.20. The van der Waals surface area contributed by atoms with Gasteiger partial charge in [-0.15, -0.1) is 9.43 Å².